The summed E-state index contributed by atoms with van der Waals surface area (Å²) in [6, 6.07) is 9.87. The lowest BCUT2D eigenvalue weighted by Crippen LogP contribution is -2.42. The molecular weight excluding hydrogens is 162 g/mol. The van der Waals surface area contributed by atoms with Crippen LogP contribution in [0.2, 0.25) is 0 Å². The Balaban J connectivity index is 2.53. The summed E-state index contributed by atoms with van der Waals surface area (Å²) in [6.45, 7) is 2.02. The average Bonchev–Trinajstić information content (AvgIpc) is 2.19. The molecule has 0 amide bonds. The van der Waals surface area contributed by atoms with Crippen LogP contribution < -0.4 is 16.8 Å². The highest BCUT2D eigenvalue weighted by Gasteiger charge is 2.06. The molecule has 2 unspecified atom stereocenters. The standard InChI is InChI=1S/C10H17N3/c1-2-9(11)13-10(12)8-6-4-3-5-7-8/h3-7,9-10,13H,2,11-12H2,1H3. The van der Waals surface area contributed by atoms with Gasteiger partial charge in [-0.3, -0.25) is 5.32 Å². The van der Waals surface area contributed by atoms with E-state index in [9.17, 15) is 0 Å². The Bertz CT molecular complexity index is 235. The zero-order valence-corrected chi connectivity index (χ0v) is 7.90. The fourth-order valence-electron chi connectivity index (χ4n) is 1.11. The van der Waals surface area contributed by atoms with E-state index in [1.165, 1.54) is 0 Å². The SMILES string of the molecule is CCC(N)NC(N)c1ccccc1. The second kappa shape index (κ2) is 4.97. The highest BCUT2D eigenvalue weighted by atomic mass is 15.1. The molecule has 0 heterocycles. The Morgan fingerprint density at radius 2 is 1.85 bits per heavy atom. The van der Waals surface area contributed by atoms with Gasteiger partial charge in [0.2, 0.25) is 0 Å². The van der Waals surface area contributed by atoms with Gasteiger partial charge in [0.25, 0.3) is 0 Å². The van der Waals surface area contributed by atoms with Gasteiger partial charge in [0.15, 0.2) is 0 Å². The number of hydrogen-bond acceptors (Lipinski definition) is 3. The van der Waals surface area contributed by atoms with Gasteiger partial charge in [-0.1, -0.05) is 37.3 Å². The first-order valence-corrected chi connectivity index (χ1v) is 4.56. The molecule has 0 radical (unpaired) electrons. The molecule has 0 saturated carbocycles. The van der Waals surface area contributed by atoms with Gasteiger partial charge in [-0.15, -0.1) is 0 Å². The van der Waals surface area contributed by atoms with E-state index in [0.29, 0.717) is 0 Å². The Hall–Kier alpha value is -0.900. The van der Waals surface area contributed by atoms with Crippen molar-refractivity contribution >= 4 is 0 Å². The van der Waals surface area contributed by atoms with E-state index in [4.69, 9.17) is 11.5 Å². The molecule has 0 fully saturated rings. The van der Waals surface area contributed by atoms with E-state index in [2.05, 4.69) is 5.32 Å². The molecule has 1 aromatic rings. The third kappa shape index (κ3) is 3.14. The first-order chi connectivity index (χ1) is 6.24. The molecule has 3 nitrogen and oxygen atoms in total. The van der Waals surface area contributed by atoms with Crippen molar-refractivity contribution in [3.05, 3.63) is 35.9 Å². The van der Waals surface area contributed by atoms with Crippen LogP contribution in [0, 0.1) is 0 Å². The van der Waals surface area contributed by atoms with E-state index in [0.717, 1.165) is 12.0 Å². The van der Waals surface area contributed by atoms with Gasteiger partial charge < -0.3 is 11.5 Å². The lowest BCUT2D eigenvalue weighted by molar-refractivity contribution is 0.441. The second-order valence-corrected chi connectivity index (χ2v) is 3.07. The normalized spacial score (nSPS) is 15.3. The highest BCUT2D eigenvalue weighted by Crippen LogP contribution is 2.06. The molecular formula is C10H17N3. The van der Waals surface area contributed by atoms with Crippen molar-refractivity contribution in [2.24, 2.45) is 11.5 Å². The van der Waals surface area contributed by atoms with E-state index < -0.39 is 0 Å². The fraction of sp³-hybridized carbons (Fsp3) is 0.400. The summed E-state index contributed by atoms with van der Waals surface area (Å²) in [5.74, 6) is 0. The molecule has 1 rings (SSSR count). The molecule has 1 aromatic carbocycles. The molecule has 13 heavy (non-hydrogen) atoms. The minimum Gasteiger partial charge on any atom is -0.316 e. The van der Waals surface area contributed by atoms with Gasteiger partial charge >= 0.3 is 0 Å². The molecule has 0 spiro atoms. The summed E-state index contributed by atoms with van der Waals surface area (Å²) >= 11 is 0. The Kier molecular flexibility index (Phi) is 3.89. The van der Waals surface area contributed by atoms with Crippen molar-refractivity contribution in [2.45, 2.75) is 25.7 Å². The molecule has 0 aliphatic rings. The summed E-state index contributed by atoms with van der Waals surface area (Å²) in [6.07, 6.45) is 0.673. The van der Waals surface area contributed by atoms with Crippen LogP contribution in [0.4, 0.5) is 0 Å². The smallest absolute Gasteiger partial charge is 0.0821 e. The third-order valence-corrected chi connectivity index (χ3v) is 1.99. The van der Waals surface area contributed by atoms with Crippen LogP contribution in [-0.2, 0) is 0 Å². The predicted molar refractivity (Wildman–Crippen MR) is 54.8 cm³/mol. The fourth-order valence-corrected chi connectivity index (χ4v) is 1.11. The summed E-state index contributed by atoms with van der Waals surface area (Å²) < 4.78 is 0. The summed E-state index contributed by atoms with van der Waals surface area (Å²) in [5.41, 5.74) is 12.7. The van der Waals surface area contributed by atoms with E-state index >= 15 is 0 Å². The minimum atomic E-state index is -0.170. The molecule has 0 aromatic heterocycles. The maximum Gasteiger partial charge on any atom is 0.0821 e. The first-order valence-electron chi connectivity index (χ1n) is 4.56. The number of nitrogens with one attached hydrogen (secondary N) is 1. The van der Waals surface area contributed by atoms with Gasteiger partial charge in [-0.05, 0) is 12.0 Å². The van der Waals surface area contributed by atoms with Crippen molar-refractivity contribution in [1.82, 2.24) is 5.32 Å². The van der Waals surface area contributed by atoms with Gasteiger partial charge in [-0.25, -0.2) is 0 Å². The van der Waals surface area contributed by atoms with E-state index in [-0.39, 0.29) is 12.3 Å². The van der Waals surface area contributed by atoms with E-state index in [1.807, 2.05) is 37.3 Å². The molecule has 0 bridgehead atoms. The van der Waals surface area contributed by atoms with Crippen molar-refractivity contribution < 1.29 is 0 Å². The summed E-state index contributed by atoms with van der Waals surface area (Å²) in [7, 11) is 0. The molecule has 2 atom stereocenters. The van der Waals surface area contributed by atoms with Crippen LogP contribution >= 0.6 is 0 Å². The molecule has 0 aliphatic heterocycles. The predicted octanol–water partition coefficient (Wildman–Crippen LogP) is 0.928. The molecule has 0 saturated heterocycles. The zero-order valence-electron chi connectivity index (χ0n) is 7.90. The van der Waals surface area contributed by atoms with Crippen LogP contribution in [0.3, 0.4) is 0 Å². The van der Waals surface area contributed by atoms with Crippen LogP contribution in [-0.4, -0.2) is 6.17 Å². The van der Waals surface area contributed by atoms with E-state index in [1.54, 1.807) is 0 Å². The zero-order chi connectivity index (χ0) is 9.68. The molecule has 5 N–H and O–H groups in total. The maximum absolute atomic E-state index is 5.88. The quantitative estimate of drug-likeness (QED) is 0.602. The van der Waals surface area contributed by atoms with Gasteiger partial charge in [0.05, 0.1) is 12.3 Å². The third-order valence-electron chi connectivity index (χ3n) is 1.99. The van der Waals surface area contributed by atoms with Crippen molar-refractivity contribution in [3.8, 4) is 0 Å². The highest BCUT2D eigenvalue weighted by molar-refractivity contribution is 5.17. The van der Waals surface area contributed by atoms with Crippen molar-refractivity contribution in [1.29, 1.82) is 0 Å². The maximum atomic E-state index is 5.88. The number of nitrogens with two attached hydrogens (primary N) is 2. The van der Waals surface area contributed by atoms with Crippen LogP contribution in [0.1, 0.15) is 25.1 Å². The van der Waals surface area contributed by atoms with Crippen LogP contribution in [0.15, 0.2) is 30.3 Å². The first kappa shape index (κ1) is 10.2. The Morgan fingerprint density at radius 3 is 2.38 bits per heavy atom. The van der Waals surface area contributed by atoms with Gasteiger partial charge in [0, 0.05) is 0 Å². The largest absolute Gasteiger partial charge is 0.316 e. The average molecular weight is 179 g/mol. The van der Waals surface area contributed by atoms with Gasteiger partial charge in [0.1, 0.15) is 0 Å². The van der Waals surface area contributed by atoms with Crippen molar-refractivity contribution in [2.75, 3.05) is 0 Å². The summed E-state index contributed by atoms with van der Waals surface area (Å²) in [4.78, 5) is 0. The molecule has 0 aliphatic carbocycles. The number of benzene rings is 1. The van der Waals surface area contributed by atoms with Crippen molar-refractivity contribution in [3.63, 3.8) is 0 Å². The van der Waals surface area contributed by atoms with Crippen LogP contribution in [0.25, 0.3) is 0 Å². The Morgan fingerprint density at radius 1 is 1.23 bits per heavy atom. The van der Waals surface area contributed by atoms with Gasteiger partial charge in [-0.2, -0.15) is 0 Å². The minimum absolute atomic E-state index is 0.0322. The lowest BCUT2D eigenvalue weighted by Gasteiger charge is -2.18. The Labute approximate surface area is 79.1 Å². The molecule has 72 valence electrons. The summed E-state index contributed by atoms with van der Waals surface area (Å²) in [5, 5.41) is 3.10. The molecule has 3 heteroatoms. The topological polar surface area (TPSA) is 64.1 Å². The van der Waals surface area contributed by atoms with Crippen LogP contribution in [0.5, 0.6) is 0 Å². The number of rotatable bonds is 4. The monoisotopic (exact) mass is 179 g/mol. The second-order valence-electron chi connectivity index (χ2n) is 3.07. The lowest BCUT2D eigenvalue weighted by atomic mass is 10.2. The number of hydrogen-bond donors (Lipinski definition) is 3.